The fourth-order valence-corrected chi connectivity index (χ4v) is 1.65. The number of hydrogen-bond donors (Lipinski definition) is 2. The topological polar surface area (TPSA) is 45.7 Å². The number of guanidine groups is 1. The Kier molecular flexibility index (Phi) is 6.84. The molecule has 0 saturated heterocycles. The highest BCUT2D eigenvalue weighted by Gasteiger charge is 2.30. The molecule has 0 atom stereocenters. The lowest BCUT2D eigenvalue weighted by atomic mass is 10.1. The standard InChI is InChI=1S/C14H20F3N3O/c1-3-9-19-13(18-2)20-10-8-11-4-6-12(7-5-11)21-14(15,16)17/h4-7H,3,8-10H2,1-2H3,(H2,18,19,20). The van der Waals surface area contributed by atoms with Crippen LogP contribution >= 0.6 is 0 Å². The molecule has 1 aromatic rings. The molecular weight excluding hydrogens is 283 g/mol. The maximum Gasteiger partial charge on any atom is 0.573 e. The summed E-state index contributed by atoms with van der Waals surface area (Å²) in [5.41, 5.74) is 0.919. The summed E-state index contributed by atoms with van der Waals surface area (Å²) >= 11 is 0. The fraction of sp³-hybridized carbons (Fsp3) is 0.500. The fourth-order valence-electron chi connectivity index (χ4n) is 1.65. The monoisotopic (exact) mass is 303 g/mol. The van der Waals surface area contributed by atoms with E-state index in [1.54, 1.807) is 19.2 Å². The van der Waals surface area contributed by atoms with E-state index in [9.17, 15) is 13.2 Å². The highest BCUT2D eigenvalue weighted by Crippen LogP contribution is 2.22. The van der Waals surface area contributed by atoms with Crippen LogP contribution in [0.3, 0.4) is 0 Å². The summed E-state index contributed by atoms with van der Waals surface area (Å²) in [4.78, 5) is 4.06. The minimum absolute atomic E-state index is 0.209. The molecule has 21 heavy (non-hydrogen) atoms. The largest absolute Gasteiger partial charge is 0.573 e. The second-order valence-electron chi connectivity index (χ2n) is 4.37. The van der Waals surface area contributed by atoms with Gasteiger partial charge in [0.2, 0.25) is 0 Å². The van der Waals surface area contributed by atoms with Crippen LogP contribution in [0.1, 0.15) is 18.9 Å². The Hall–Kier alpha value is -1.92. The lowest BCUT2D eigenvalue weighted by molar-refractivity contribution is -0.274. The summed E-state index contributed by atoms with van der Waals surface area (Å²) < 4.78 is 39.9. The van der Waals surface area contributed by atoms with Crippen LogP contribution in [-0.4, -0.2) is 32.5 Å². The Morgan fingerprint density at radius 2 is 1.76 bits per heavy atom. The Labute approximate surface area is 122 Å². The van der Waals surface area contributed by atoms with E-state index in [0.717, 1.165) is 18.5 Å². The molecule has 0 aliphatic heterocycles. The molecule has 1 aromatic carbocycles. The number of aliphatic imine (C=N–C) groups is 1. The van der Waals surface area contributed by atoms with Crippen LogP contribution in [0.4, 0.5) is 13.2 Å². The second-order valence-corrected chi connectivity index (χ2v) is 4.37. The molecule has 0 amide bonds. The van der Waals surface area contributed by atoms with Gasteiger partial charge >= 0.3 is 6.36 Å². The van der Waals surface area contributed by atoms with E-state index in [0.29, 0.717) is 18.9 Å². The van der Waals surface area contributed by atoms with Gasteiger partial charge in [-0.05, 0) is 30.5 Å². The highest BCUT2D eigenvalue weighted by atomic mass is 19.4. The van der Waals surface area contributed by atoms with Gasteiger partial charge in [0.1, 0.15) is 5.75 Å². The third-order valence-electron chi connectivity index (χ3n) is 2.63. The minimum atomic E-state index is -4.65. The quantitative estimate of drug-likeness (QED) is 0.627. The first-order chi connectivity index (χ1) is 9.94. The Morgan fingerprint density at radius 3 is 2.29 bits per heavy atom. The van der Waals surface area contributed by atoms with Gasteiger partial charge in [0.25, 0.3) is 0 Å². The summed E-state index contributed by atoms with van der Waals surface area (Å²) in [6.45, 7) is 3.54. The van der Waals surface area contributed by atoms with Gasteiger partial charge in [-0.1, -0.05) is 19.1 Å². The van der Waals surface area contributed by atoms with Gasteiger partial charge < -0.3 is 15.4 Å². The first-order valence-corrected chi connectivity index (χ1v) is 6.74. The third-order valence-corrected chi connectivity index (χ3v) is 2.63. The predicted octanol–water partition coefficient (Wildman–Crippen LogP) is 2.70. The molecule has 0 fully saturated rings. The molecule has 0 heterocycles. The van der Waals surface area contributed by atoms with Crippen LogP contribution in [0, 0.1) is 0 Å². The molecule has 0 aliphatic carbocycles. The maximum atomic E-state index is 12.0. The van der Waals surface area contributed by atoms with Crippen molar-refractivity contribution in [3.8, 4) is 5.75 Å². The van der Waals surface area contributed by atoms with Crippen molar-refractivity contribution in [3.05, 3.63) is 29.8 Å². The van der Waals surface area contributed by atoms with Crippen LogP contribution in [0.15, 0.2) is 29.3 Å². The SMILES string of the molecule is CCCNC(=NC)NCCc1ccc(OC(F)(F)F)cc1. The summed E-state index contributed by atoms with van der Waals surface area (Å²) in [6, 6.07) is 5.86. The number of benzene rings is 1. The molecule has 4 nitrogen and oxygen atoms in total. The Balaban J connectivity index is 2.39. The smallest absolute Gasteiger partial charge is 0.406 e. The molecule has 2 N–H and O–H groups in total. The maximum absolute atomic E-state index is 12.0. The number of nitrogens with one attached hydrogen (secondary N) is 2. The van der Waals surface area contributed by atoms with Gasteiger partial charge in [0.05, 0.1) is 0 Å². The van der Waals surface area contributed by atoms with Gasteiger partial charge in [0.15, 0.2) is 5.96 Å². The zero-order valence-electron chi connectivity index (χ0n) is 12.1. The Bertz CT molecular complexity index is 444. The number of ether oxygens (including phenoxy) is 1. The molecule has 7 heteroatoms. The number of hydrogen-bond acceptors (Lipinski definition) is 2. The van der Waals surface area contributed by atoms with Crippen LogP contribution in [0.5, 0.6) is 5.75 Å². The number of halogens is 3. The predicted molar refractivity (Wildman–Crippen MR) is 76.5 cm³/mol. The average Bonchev–Trinajstić information content (AvgIpc) is 2.43. The molecule has 1 rings (SSSR count). The molecular formula is C14H20F3N3O. The van der Waals surface area contributed by atoms with Gasteiger partial charge in [-0.15, -0.1) is 13.2 Å². The lowest BCUT2D eigenvalue weighted by Gasteiger charge is -2.11. The molecule has 0 radical (unpaired) electrons. The van der Waals surface area contributed by atoms with Crippen LogP contribution in [0.25, 0.3) is 0 Å². The van der Waals surface area contributed by atoms with Crippen molar-refractivity contribution in [1.82, 2.24) is 10.6 Å². The molecule has 0 bridgehead atoms. The molecule has 0 aromatic heterocycles. The normalized spacial score (nSPS) is 12.1. The van der Waals surface area contributed by atoms with Gasteiger partial charge in [-0.25, -0.2) is 0 Å². The molecule has 118 valence electrons. The van der Waals surface area contributed by atoms with Crippen LogP contribution in [-0.2, 0) is 6.42 Å². The molecule has 0 aliphatic rings. The summed E-state index contributed by atoms with van der Waals surface area (Å²) in [6.07, 6.45) is -2.97. The van der Waals surface area contributed by atoms with Crippen molar-refractivity contribution in [2.24, 2.45) is 4.99 Å². The average molecular weight is 303 g/mol. The summed E-state index contributed by atoms with van der Waals surface area (Å²) in [5.74, 6) is 0.508. The van der Waals surface area contributed by atoms with Gasteiger partial charge in [-0.3, -0.25) is 4.99 Å². The second kappa shape index (κ2) is 8.39. The minimum Gasteiger partial charge on any atom is -0.406 e. The summed E-state index contributed by atoms with van der Waals surface area (Å²) in [5, 5.41) is 6.27. The Morgan fingerprint density at radius 1 is 1.14 bits per heavy atom. The lowest BCUT2D eigenvalue weighted by Crippen LogP contribution is -2.38. The van der Waals surface area contributed by atoms with E-state index in [1.807, 2.05) is 0 Å². The van der Waals surface area contributed by atoms with Crippen molar-refractivity contribution >= 4 is 5.96 Å². The van der Waals surface area contributed by atoms with Crippen LogP contribution < -0.4 is 15.4 Å². The van der Waals surface area contributed by atoms with Crippen LogP contribution in [0.2, 0.25) is 0 Å². The molecule has 0 saturated carbocycles. The molecule has 0 unspecified atom stereocenters. The molecule has 0 spiro atoms. The number of rotatable bonds is 6. The van der Waals surface area contributed by atoms with E-state index in [4.69, 9.17) is 0 Å². The first kappa shape index (κ1) is 17.1. The van der Waals surface area contributed by atoms with Crippen molar-refractivity contribution in [2.45, 2.75) is 26.1 Å². The third kappa shape index (κ3) is 7.43. The first-order valence-electron chi connectivity index (χ1n) is 6.74. The van der Waals surface area contributed by atoms with Gasteiger partial charge in [0, 0.05) is 20.1 Å². The summed E-state index contributed by atoms with van der Waals surface area (Å²) in [7, 11) is 1.69. The highest BCUT2D eigenvalue weighted by molar-refractivity contribution is 5.79. The van der Waals surface area contributed by atoms with Gasteiger partial charge in [-0.2, -0.15) is 0 Å². The van der Waals surface area contributed by atoms with E-state index in [2.05, 4.69) is 27.3 Å². The van der Waals surface area contributed by atoms with Crippen molar-refractivity contribution in [2.75, 3.05) is 20.1 Å². The zero-order valence-corrected chi connectivity index (χ0v) is 12.1. The van der Waals surface area contributed by atoms with Crippen molar-refractivity contribution in [3.63, 3.8) is 0 Å². The van der Waals surface area contributed by atoms with Crippen molar-refractivity contribution in [1.29, 1.82) is 0 Å². The van der Waals surface area contributed by atoms with E-state index in [-0.39, 0.29) is 5.75 Å². The van der Waals surface area contributed by atoms with E-state index in [1.165, 1.54) is 12.1 Å². The number of nitrogens with zero attached hydrogens (tertiary/aromatic N) is 1. The number of alkyl halides is 3. The van der Waals surface area contributed by atoms with Crippen molar-refractivity contribution < 1.29 is 17.9 Å². The zero-order chi connectivity index (χ0) is 15.7. The van der Waals surface area contributed by atoms with E-state index < -0.39 is 6.36 Å². The van der Waals surface area contributed by atoms with E-state index >= 15 is 0 Å².